The molecule has 330 valence electrons. The number of carbonyl (C=O) groups is 8. The van der Waals surface area contributed by atoms with E-state index < -0.39 is 36.0 Å². The van der Waals surface area contributed by atoms with E-state index in [1.54, 1.807) is 37.6 Å². The minimum absolute atomic E-state index is 0.00443. The Morgan fingerprint density at radius 1 is 0.881 bits per heavy atom. The van der Waals surface area contributed by atoms with Crippen molar-refractivity contribution in [2.75, 3.05) is 31.7 Å². The van der Waals surface area contributed by atoms with Crippen LogP contribution in [-0.2, 0) is 40.1 Å². The number of hydrogen-bond acceptors (Lipinski definition) is 10. The maximum atomic E-state index is 13.7. The third-order valence-electron chi connectivity index (χ3n) is 10.9. The number of anilines is 1. The Hall–Kier alpha value is -4.47. The first kappa shape index (κ1) is 50.7. The van der Waals surface area contributed by atoms with E-state index in [1.165, 1.54) is 21.6 Å². The van der Waals surface area contributed by atoms with E-state index in [-0.39, 0.29) is 91.1 Å². The van der Waals surface area contributed by atoms with Gasteiger partial charge in [0.25, 0.3) is 0 Å². The lowest BCUT2D eigenvalue weighted by atomic mass is 9.87. The van der Waals surface area contributed by atoms with Crippen LogP contribution in [0.1, 0.15) is 112 Å². The standard InChI is InChI=1S/C43H68N6O9S/c1-26(2)29(7)22-34(51)39(28(5)6)48(8)43(57)58-25-30-16-18-32(19-17-30)46-40(54)31(14-13-20-45-42(44)56)23-33(50)38(27(3)4)47-36(52)15-11-10-12-21-49-37(53)24-35(59-9)41(49)55/h16-19,26-29,31,35,38-39H,10-15,20-25H2,1-9H3,(H,46,54)(H,47,52)(H3,44,45,56)/t29-,31+,35?,38?,39-/m0/s1. The van der Waals surface area contributed by atoms with Gasteiger partial charge in [-0.2, -0.15) is 11.8 Å². The molecule has 0 spiro atoms. The number of imide groups is 1. The van der Waals surface area contributed by atoms with Gasteiger partial charge in [0.05, 0.1) is 17.3 Å². The van der Waals surface area contributed by atoms with Crippen molar-refractivity contribution in [2.24, 2.45) is 35.3 Å². The van der Waals surface area contributed by atoms with Crippen LogP contribution in [-0.4, -0.2) is 101 Å². The first-order valence-electron chi connectivity index (χ1n) is 20.8. The SMILES string of the molecule is CSC1CC(=O)N(CCCCCC(=O)NC(C(=O)C[C@@H](CCCNC(N)=O)C(=O)Nc2ccc(COC(=O)N(C)[C@H](C(=O)C[C@H](C)C(C)C)C(C)C)cc2)C(C)C)C1=O. The molecule has 0 radical (unpaired) electrons. The number of likely N-dealkylation sites (N-methyl/N-ethyl adjacent to an activating group) is 1. The van der Waals surface area contributed by atoms with Crippen LogP contribution in [0.4, 0.5) is 15.3 Å². The zero-order valence-corrected chi connectivity index (χ0v) is 37.3. The highest BCUT2D eigenvalue weighted by Gasteiger charge is 2.37. The van der Waals surface area contributed by atoms with E-state index >= 15 is 0 Å². The highest BCUT2D eigenvalue weighted by molar-refractivity contribution is 8.00. The number of urea groups is 1. The highest BCUT2D eigenvalue weighted by atomic mass is 32.2. The summed E-state index contributed by atoms with van der Waals surface area (Å²) in [5.41, 5.74) is 6.32. The van der Waals surface area contributed by atoms with Crippen molar-refractivity contribution in [2.45, 2.75) is 130 Å². The molecule has 1 aliphatic rings. The molecule has 16 heteroatoms. The Labute approximate surface area is 354 Å². The van der Waals surface area contributed by atoms with Crippen molar-refractivity contribution < 1.29 is 43.1 Å². The van der Waals surface area contributed by atoms with Gasteiger partial charge in [-0.3, -0.25) is 33.7 Å². The molecule has 59 heavy (non-hydrogen) atoms. The Morgan fingerprint density at radius 2 is 1.54 bits per heavy atom. The number of ether oxygens (including phenoxy) is 1. The van der Waals surface area contributed by atoms with E-state index in [0.717, 1.165) is 0 Å². The molecule has 5 N–H and O–H groups in total. The molecular formula is C43H68N6O9S. The second-order valence-electron chi connectivity index (χ2n) is 16.6. The molecule has 0 aliphatic carbocycles. The van der Waals surface area contributed by atoms with Gasteiger partial charge in [-0.1, -0.05) is 67.0 Å². The Morgan fingerprint density at radius 3 is 2.10 bits per heavy atom. The second-order valence-corrected chi connectivity index (χ2v) is 17.7. The number of hydrogen-bond donors (Lipinski definition) is 4. The highest BCUT2D eigenvalue weighted by Crippen LogP contribution is 2.25. The van der Waals surface area contributed by atoms with Gasteiger partial charge in [0.15, 0.2) is 11.6 Å². The number of thioether (sulfide) groups is 1. The third-order valence-corrected chi connectivity index (χ3v) is 11.8. The number of ketones is 2. The summed E-state index contributed by atoms with van der Waals surface area (Å²) in [6.07, 6.45) is 4.14. The van der Waals surface area contributed by atoms with Gasteiger partial charge >= 0.3 is 12.1 Å². The molecular weight excluding hydrogens is 777 g/mol. The molecule has 1 aromatic rings. The summed E-state index contributed by atoms with van der Waals surface area (Å²) in [5, 5.41) is 7.87. The fourth-order valence-corrected chi connectivity index (χ4v) is 7.56. The van der Waals surface area contributed by atoms with Crippen molar-refractivity contribution >= 4 is 64.8 Å². The number of amides is 7. The number of rotatable bonds is 26. The van der Waals surface area contributed by atoms with Gasteiger partial charge in [-0.05, 0) is 73.3 Å². The van der Waals surface area contributed by atoms with Crippen LogP contribution in [0.5, 0.6) is 0 Å². The van der Waals surface area contributed by atoms with Crippen molar-refractivity contribution in [1.29, 1.82) is 0 Å². The largest absolute Gasteiger partial charge is 0.445 e. The summed E-state index contributed by atoms with van der Waals surface area (Å²) in [7, 11) is 1.57. The Bertz CT molecular complexity index is 1600. The minimum atomic E-state index is -0.830. The molecule has 1 fully saturated rings. The number of carbonyl (C=O) groups excluding carboxylic acids is 8. The van der Waals surface area contributed by atoms with Crippen LogP contribution in [0.25, 0.3) is 0 Å². The predicted octanol–water partition coefficient (Wildman–Crippen LogP) is 5.69. The Kier molecular flexibility index (Phi) is 21.7. The fourth-order valence-electron chi connectivity index (χ4n) is 6.92. The lowest BCUT2D eigenvalue weighted by Crippen LogP contribution is -2.46. The van der Waals surface area contributed by atoms with Crippen molar-refractivity contribution in [1.82, 2.24) is 20.4 Å². The predicted molar refractivity (Wildman–Crippen MR) is 229 cm³/mol. The van der Waals surface area contributed by atoms with Crippen LogP contribution in [0.15, 0.2) is 24.3 Å². The molecule has 1 aromatic carbocycles. The second kappa shape index (κ2) is 25.2. The number of nitrogens with two attached hydrogens (primary N) is 1. The molecule has 7 amide bonds. The molecule has 2 rings (SSSR count). The fraction of sp³-hybridized carbons (Fsp3) is 0.674. The minimum Gasteiger partial charge on any atom is -0.445 e. The van der Waals surface area contributed by atoms with Crippen LogP contribution in [0.2, 0.25) is 0 Å². The lowest BCUT2D eigenvalue weighted by Gasteiger charge is -2.30. The molecule has 0 saturated carbocycles. The van der Waals surface area contributed by atoms with Gasteiger partial charge in [-0.25, -0.2) is 9.59 Å². The molecule has 5 atom stereocenters. The van der Waals surface area contributed by atoms with Crippen LogP contribution in [0, 0.1) is 29.6 Å². The normalized spacial score (nSPS) is 16.1. The summed E-state index contributed by atoms with van der Waals surface area (Å²) in [4.78, 5) is 105. The van der Waals surface area contributed by atoms with Crippen molar-refractivity contribution in [3.63, 3.8) is 0 Å². The quantitative estimate of drug-likeness (QED) is 0.0661. The number of unbranched alkanes of at least 4 members (excludes halogenated alkanes) is 2. The van der Waals surface area contributed by atoms with E-state index in [4.69, 9.17) is 10.5 Å². The summed E-state index contributed by atoms with van der Waals surface area (Å²) < 4.78 is 5.55. The summed E-state index contributed by atoms with van der Waals surface area (Å²) in [6.45, 7) is 14.1. The molecule has 15 nitrogen and oxygen atoms in total. The average Bonchev–Trinajstić information content (AvgIpc) is 3.44. The van der Waals surface area contributed by atoms with Gasteiger partial charge in [0, 0.05) is 57.4 Å². The van der Waals surface area contributed by atoms with Gasteiger partial charge in [0.2, 0.25) is 23.6 Å². The summed E-state index contributed by atoms with van der Waals surface area (Å²) >= 11 is 1.37. The topological polar surface area (TPSA) is 214 Å². The maximum Gasteiger partial charge on any atom is 0.410 e. The first-order chi connectivity index (χ1) is 27.8. The van der Waals surface area contributed by atoms with E-state index in [2.05, 4.69) is 29.8 Å². The molecule has 0 aromatic heterocycles. The van der Waals surface area contributed by atoms with Crippen LogP contribution >= 0.6 is 11.8 Å². The smallest absolute Gasteiger partial charge is 0.410 e. The number of nitrogens with zero attached hydrogens (tertiary/aromatic N) is 2. The molecule has 1 saturated heterocycles. The van der Waals surface area contributed by atoms with Crippen molar-refractivity contribution in [3.05, 3.63) is 29.8 Å². The van der Waals surface area contributed by atoms with Gasteiger partial charge in [0.1, 0.15) is 6.61 Å². The molecule has 1 aliphatic heterocycles. The van der Waals surface area contributed by atoms with Crippen LogP contribution in [0.3, 0.4) is 0 Å². The molecule has 0 bridgehead atoms. The zero-order chi connectivity index (χ0) is 44.4. The first-order valence-corrected chi connectivity index (χ1v) is 22.1. The third kappa shape index (κ3) is 17.0. The number of benzene rings is 1. The maximum absolute atomic E-state index is 13.7. The zero-order valence-electron chi connectivity index (χ0n) is 36.5. The monoisotopic (exact) mass is 844 g/mol. The Balaban J connectivity index is 1.99. The number of Topliss-reactive ketones (excluding diaryl/α,β-unsaturated/α-hetero) is 2. The average molecular weight is 845 g/mol. The van der Waals surface area contributed by atoms with E-state index in [9.17, 15) is 38.4 Å². The van der Waals surface area contributed by atoms with E-state index in [1.807, 2.05) is 34.6 Å². The lowest BCUT2D eigenvalue weighted by molar-refractivity contribution is -0.138. The van der Waals surface area contributed by atoms with Gasteiger partial charge in [-0.15, -0.1) is 0 Å². The number of primary amides is 1. The number of nitrogens with one attached hydrogen (secondary N) is 3. The summed E-state index contributed by atoms with van der Waals surface area (Å²) in [5.74, 6) is -1.97. The van der Waals surface area contributed by atoms with Crippen molar-refractivity contribution in [3.8, 4) is 0 Å². The molecule has 2 unspecified atom stereocenters. The number of likely N-dealkylation sites (tertiary alicyclic amines) is 1. The van der Waals surface area contributed by atoms with Gasteiger partial charge < -0.3 is 31.3 Å². The molecule has 1 heterocycles. The summed E-state index contributed by atoms with van der Waals surface area (Å²) in [6, 6.07) is 4.57. The van der Waals surface area contributed by atoms with Crippen LogP contribution < -0.4 is 21.7 Å². The van der Waals surface area contributed by atoms with E-state index in [0.29, 0.717) is 55.8 Å².